The Hall–Kier alpha value is -0.440. The monoisotopic (exact) mass is 243 g/mol. The first-order valence-electron chi connectivity index (χ1n) is 7.07. The molecule has 3 heteroatoms. The molecule has 1 N–H and O–H groups in total. The van der Waals surface area contributed by atoms with Gasteiger partial charge < -0.3 is 5.11 Å². The van der Waals surface area contributed by atoms with Crippen molar-refractivity contribution in [1.82, 2.24) is 0 Å². The average molecular weight is 243 g/mol. The molecule has 0 aliphatic rings. The summed E-state index contributed by atoms with van der Waals surface area (Å²) in [5.74, 6) is 0. The fourth-order valence-electron chi connectivity index (χ4n) is 1.89. The number of hydrogen-bond acceptors (Lipinski definition) is 3. The first-order valence-corrected chi connectivity index (χ1v) is 7.07. The highest BCUT2D eigenvalue weighted by molar-refractivity contribution is 4.85. The summed E-state index contributed by atoms with van der Waals surface area (Å²) in [4.78, 5) is 10.5. The van der Waals surface area contributed by atoms with Crippen LogP contribution in [0.3, 0.4) is 0 Å². The minimum atomic E-state index is -0.832. The molecule has 0 bridgehead atoms. The molecule has 0 rings (SSSR count). The normalized spacial score (nSPS) is 13.6. The van der Waals surface area contributed by atoms with E-state index in [0.29, 0.717) is 6.42 Å². The zero-order chi connectivity index (χ0) is 13.1. The van der Waals surface area contributed by atoms with Crippen LogP contribution in [0.2, 0.25) is 0 Å². The van der Waals surface area contributed by atoms with Crippen molar-refractivity contribution >= 4 is 0 Å². The van der Waals surface area contributed by atoms with Crippen molar-refractivity contribution in [3.63, 3.8) is 0 Å². The number of aliphatic hydroxyl groups excluding tert-OH is 1. The lowest BCUT2D eigenvalue weighted by molar-refractivity contribution is 0.0929. The Kier molecular flexibility index (Phi) is 9.33. The van der Waals surface area contributed by atoms with Crippen LogP contribution in [-0.2, 0) is 0 Å². The summed E-state index contributed by atoms with van der Waals surface area (Å²) in [6.45, 7) is 5.61. The van der Waals surface area contributed by atoms with Crippen LogP contribution in [0.5, 0.6) is 0 Å². The predicted molar refractivity (Wildman–Crippen MR) is 73.1 cm³/mol. The molecule has 1 atom stereocenters. The second kappa shape index (κ2) is 9.58. The lowest BCUT2D eigenvalue weighted by atomic mass is 9.93. The second-order valence-corrected chi connectivity index (χ2v) is 5.52. The molecule has 3 nitrogen and oxygen atoms in total. The lowest BCUT2D eigenvalue weighted by Gasteiger charge is -2.22. The van der Waals surface area contributed by atoms with E-state index in [4.69, 9.17) is 0 Å². The molecule has 0 aromatic carbocycles. The van der Waals surface area contributed by atoms with Gasteiger partial charge in [0.25, 0.3) is 0 Å². The van der Waals surface area contributed by atoms with Crippen LogP contribution in [0.4, 0.5) is 0 Å². The van der Waals surface area contributed by atoms with E-state index in [9.17, 15) is 10.0 Å². The molecule has 0 spiro atoms. The summed E-state index contributed by atoms with van der Waals surface area (Å²) in [7, 11) is 0. The van der Waals surface area contributed by atoms with Crippen LogP contribution in [0.15, 0.2) is 5.18 Å². The molecule has 0 fully saturated rings. The first kappa shape index (κ1) is 16.6. The quantitative estimate of drug-likeness (QED) is 0.431. The van der Waals surface area contributed by atoms with Gasteiger partial charge in [0.2, 0.25) is 0 Å². The van der Waals surface area contributed by atoms with E-state index in [1.165, 1.54) is 38.5 Å². The smallest absolute Gasteiger partial charge is 0.123 e. The van der Waals surface area contributed by atoms with Crippen LogP contribution in [0.25, 0.3) is 0 Å². The molecule has 0 saturated carbocycles. The van der Waals surface area contributed by atoms with Gasteiger partial charge in [0.15, 0.2) is 0 Å². The summed E-state index contributed by atoms with van der Waals surface area (Å²) in [6.07, 6.45) is 10.1. The third-order valence-corrected chi connectivity index (χ3v) is 3.38. The average Bonchev–Trinajstić information content (AvgIpc) is 2.32. The fraction of sp³-hybridized carbons (Fsp3) is 1.00. The molecule has 0 amide bonds. The van der Waals surface area contributed by atoms with Gasteiger partial charge in [0, 0.05) is 0 Å². The molecule has 17 heavy (non-hydrogen) atoms. The van der Waals surface area contributed by atoms with Crippen LogP contribution in [0.1, 0.15) is 78.6 Å². The van der Waals surface area contributed by atoms with E-state index < -0.39 is 11.6 Å². The van der Waals surface area contributed by atoms with Gasteiger partial charge >= 0.3 is 0 Å². The molecule has 0 saturated heterocycles. The largest absolute Gasteiger partial charge is 0.390 e. The molecule has 0 aromatic heterocycles. The van der Waals surface area contributed by atoms with Crippen molar-refractivity contribution in [3.05, 3.63) is 4.91 Å². The van der Waals surface area contributed by atoms with Crippen molar-refractivity contribution < 1.29 is 5.11 Å². The van der Waals surface area contributed by atoms with Gasteiger partial charge in [-0.2, -0.15) is 4.91 Å². The van der Waals surface area contributed by atoms with Gasteiger partial charge in [-0.1, -0.05) is 63.5 Å². The number of unbranched alkanes of at least 4 members (excludes halogenated alkanes) is 7. The minimum Gasteiger partial charge on any atom is -0.390 e. The van der Waals surface area contributed by atoms with Gasteiger partial charge in [-0.05, 0) is 20.3 Å². The van der Waals surface area contributed by atoms with E-state index in [0.717, 1.165) is 12.8 Å². The van der Waals surface area contributed by atoms with Crippen molar-refractivity contribution in [2.45, 2.75) is 90.2 Å². The summed E-state index contributed by atoms with van der Waals surface area (Å²) >= 11 is 0. The zero-order valence-corrected chi connectivity index (χ0v) is 11.7. The Morgan fingerprint density at radius 2 is 1.47 bits per heavy atom. The first-order chi connectivity index (χ1) is 8.04. The van der Waals surface area contributed by atoms with Crippen LogP contribution in [0, 0.1) is 4.91 Å². The van der Waals surface area contributed by atoms with E-state index in [1.807, 2.05) is 0 Å². The minimum absolute atomic E-state index is 0.597. The number of nitrogens with zero attached hydrogens (tertiary/aromatic N) is 1. The third kappa shape index (κ3) is 8.31. The summed E-state index contributed by atoms with van der Waals surface area (Å²) in [6, 6.07) is 0. The Balaban J connectivity index is 3.36. The lowest BCUT2D eigenvalue weighted by Crippen LogP contribution is -2.33. The highest BCUT2D eigenvalue weighted by Crippen LogP contribution is 2.20. The van der Waals surface area contributed by atoms with Crippen molar-refractivity contribution in [2.75, 3.05) is 0 Å². The summed E-state index contributed by atoms with van der Waals surface area (Å²) in [5.41, 5.74) is -0.832. The number of nitroso groups, excluding NO2 is 1. The maximum absolute atomic E-state index is 10.5. The van der Waals surface area contributed by atoms with Gasteiger partial charge in [0.05, 0.1) is 6.10 Å². The van der Waals surface area contributed by atoms with Crippen LogP contribution in [-0.4, -0.2) is 16.7 Å². The molecule has 102 valence electrons. The van der Waals surface area contributed by atoms with Crippen molar-refractivity contribution in [2.24, 2.45) is 5.18 Å². The van der Waals surface area contributed by atoms with Gasteiger partial charge in [-0.25, -0.2) is 0 Å². The fourth-order valence-corrected chi connectivity index (χ4v) is 1.89. The summed E-state index contributed by atoms with van der Waals surface area (Å²) < 4.78 is 0. The van der Waals surface area contributed by atoms with Gasteiger partial charge in [-0.3, -0.25) is 0 Å². The van der Waals surface area contributed by atoms with Gasteiger partial charge in [-0.15, -0.1) is 0 Å². The molecule has 0 heterocycles. The second-order valence-electron chi connectivity index (χ2n) is 5.52. The number of rotatable bonds is 11. The number of aliphatic hydroxyl groups is 1. The van der Waals surface area contributed by atoms with Crippen LogP contribution >= 0.6 is 0 Å². The number of hydrogen-bond donors (Lipinski definition) is 1. The van der Waals surface area contributed by atoms with E-state index in [2.05, 4.69) is 12.1 Å². The van der Waals surface area contributed by atoms with E-state index in [1.54, 1.807) is 13.8 Å². The maximum atomic E-state index is 10.5. The van der Waals surface area contributed by atoms with Crippen LogP contribution < -0.4 is 0 Å². The molecule has 0 radical (unpaired) electrons. The highest BCUT2D eigenvalue weighted by Gasteiger charge is 2.28. The Morgan fingerprint density at radius 1 is 1.00 bits per heavy atom. The molecule has 0 aromatic rings. The SMILES string of the molecule is CCCCCCCCCCC(O)C(C)(C)N=O. The maximum Gasteiger partial charge on any atom is 0.123 e. The van der Waals surface area contributed by atoms with Crippen molar-refractivity contribution in [1.29, 1.82) is 0 Å². The summed E-state index contributed by atoms with van der Waals surface area (Å²) in [5, 5.41) is 12.7. The van der Waals surface area contributed by atoms with E-state index >= 15 is 0 Å². The van der Waals surface area contributed by atoms with Crippen molar-refractivity contribution in [3.8, 4) is 0 Å². The molecule has 1 unspecified atom stereocenters. The molecular weight excluding hydrogens is 214 g/mol. The molecular formula is C14H29NO2. The van der Waals surface area contributed by atoms with Gasteiger partial charge in [0.1, 0.15) is 5.54 Å². The van der Waals surface area contributed by atoms with E-state index in [-0.39, 0.29) is 0 Å². The standard InChI is InChI=1S/C14H29NO2/c1-4-5-6-7-8-9-10-11-12-13(16)14(2,3)15-17/h13,16H,4-12H2,1-3H3. The zero-order valence-electron chi connectivity index (χ0n) is 11.7. The Morgan fingerprint density at radius 3 is 1.94 bits per heavy atom. The third-order valence-electron chi connectivity index (χ3n) is 3.38. The molecule has 0 aliphatic carbocycles. The predicted octanol–water partition coefficient (Wildman–Crippen LogP) is 4.42. The topological polar surface area (TPSA) is 49.7 Å². The Labute approximate surface area is 106 Å². The molecule has 0 aliphatic heterocycles. The highest BCUT2D eigenvalue weighted by atomic mass is 16.3. The Bertz CT molecular complexity index is 193.